The minimum absolute atomic E-state index is 0.0234. The summed E-state index contributed by atoms with van der Waals surface area (Å²) < 4.78 is 17.9. The molecule has 9 N–H and O–H groups in total. The molecule has 0 aromatic rings. The van der Waals surface area contributed by atoms with Crippen molar-refractivity contribution in [2.45, 2.75) is 140 Å². The average molecular weight is 575 g/mol. The number of hydrogen-bond acceptors (Lipinski definition) is 11. The van der Waals surface area contributed by atoms with E-state index in [4.69, 9.17) is 19.9 Å². The van der Waals surface area contributed by atoms with Gasteiger partial charge in [0.15, 0.2) is 12.1 Å². The maximum absolute atomic E-state index is 13.4. The molecule has 3 rings (SSSR count). The minimum atomic E-state index is -1.91. The molecule has 2 aliphatic heterocycles. The number of aliphatic hydroxyl groups is 6. The number of carbonyl (C=O) groups is 1. The Morgan fingerprint density at radius 1 is 1.10 bits per heavy atom. The van der Waals surface area contributed by atoms with E-state index in [2.05, 4.69) is 5.32 Å². The van der Waals surface area contributed by atoms with Crippen LogP contribution in [0.15, 0.2) is 12.2 Å². The maximum Gasteiger partial charge on any atom is 0.228 e. The van der Waals surface area contributed by atoms with E-state index in [1.54, 1.807) is 26.8 Å². The Balaban J connectivity index is 1.87. The van der Waals surface area contributed by atoms with Crippen LogP contribution in [-0.2, 0) is 19.0 Å². The van der Waals surface area contributed by atoms with Crippen LogP contribution in [0.4, 0.5) is 0 Å². The summed E-state index contributed by atoms with van der Waals surface area (Å²) in [5, 5.41) is 66.5. The number of nitrogens with two attached hydrogens (primary N) is 1. The largest absolute Gasteiger partial charge is 0.393 e. The second-order valence-corrected chi connectivity index (χ2v) is 12.5. The van der Waals surface area contributed by atoms with Gasteiger partial charge in [0.1, 0.15) is 6.10 Å². The number of aliphatic hydroxyl groups excluding tert-OH is 5. The molecular weight excluding hydrogens is 524 g/mol. The molecule has 12 nitrogen and oxygen atoms in total. The zero-order valence-corrected chi connectivity index (χ0v) is 24.2. The lowest BCUT2D eigenvalue weighted by Crippen LogP contribution is -2.62. The van der Waals surface area contributed by atoms with Crippen LogP contribution in [0, 0.1) is 17.8 Å². The fraction of sp³-hybridized carbons (Fsp3) is 0.893. The molecule has 12 heteroatoms. The van der Waals surface area contributed by atoms with Crippen LogP contribution in [0.5, 0.6) is 0 Å². The first-order valence-corrected chi connectivity index (χ1v) is 14.5. The van der Waals surface area contributed by atoms with Crippen molar-refractivity contribution in [3.63, 3.8) is 0 Å². The Hall–Kier alpha value is -1.19. The van der Waals surface area contributed by atoms with Crippen LogP contribution in [0.1, 0.15) is 66.7 Å². The maximum atomic E-state index is 13.4. The Bertz CT molecular complexity index is 859. The summed E-state index contributed by atoms with van der Waals surface area (Å²) in [5.74, 6) is -3.59. The van der Waals surface area contributed by atoms with Gasteiger partial charge < -0.3 is 55.9 Å². The average Bonchev–Trinajstić information content (AvgIpc) is 2.85. The molecule has 2 saturated heterocycles. The number of carbonyl (C=O) groups excluding carboxylic acids is 1. The van der Waals surface area contributed by atoms with Gasteiger partial charge in [-0.05, 0) is 31.6 Å². The van der Waals surface area contributed by atoms with Crippen LogP contribution in [0.2, 0.25) is 0 Å². The lowest BCUT2D eigenvalue weighted by Gasteiger charge is -2.46. The highest BCUT2D eigenvalue weighted by molar-refractivity contribution is 5.80. The van der Waals surface area contributed by atoms with Gasteiger partial charge in [-0.2, -0.15) is 0 Å². The van der Waals surface area contributed by atoms with Gasteiger partial charge in [-0.15, -0.1) is 0 Å². The van der Waals surface area contributed by atoms with Crippen molar-refractivity contribution in [2.75, 3.05) is 0 Å². The van der Waals surface area contributed by atoms with Crippen LogP contribution in [0.3, 0.4) is 0 Å². The highest BCUT2D eigenvalue weighted by atomic mass is 16.7. The fourth-order valence-electron chi connectivity index (χ4n) is 5.38. The van der Waals surface area contributed by atoms with Crippen molar-refractivity contribution < 1.29 is 49.6 Å². The normalized spacial score (nSPS) is 42.1. The zero-order valence-electron chi connectivity index (χ0n) is 24.2. The Kier molecular flexibility index (Phi) is 11.5. The van der Waals surface area contributed by atoms with Crippen molar-refractivity contribution >= 4 is 5.91 Å². The zero-order chi connectivity index (χ0) is 29.9. The lowest BCUT2D eigenvalue weighted by molar-refractivity contribution is -0.307. The van der Waals surface area contributed by atoms with Gasteiger partial charge in [-0.25, -0.2) is 0 Å². The molecule has 0 spiro atoms. The van der Waals surface area contributed by atoms with E-state index in [-0.39, 0.29) is 31.1 Å². The van der Waals surface area contributed by atoms with E-state index in [1.165, 1.54) is 0 Å². The summed E-state index contributed by atoms with van der Waals surface area (Å²) in [6.45, 7) is 9.12. The third-order valence-corrected chi connectivity index (χ3v) is 8.26. The Morgan fingerprint density at radius 2 is 1.77 bits per heavy atom. The predicted molar refractivity (Wildman–Crippen MR) is 144 cm³/mol. The SMILES string of the molecule is CC(C)/C=C/[C@@H](C[C@@H]1O[C@](O)(C[C@@H](O)C(C)C)C[C@H](O)[C@H]1C(=O)N[C@H]1CC[C@H]1O)OC1OC(C)C(O)C(N)C1O. The quantitative estimate of drug-likeness (QED) is 0.144. The topological polar surface area (TPSA) is 204 Å². The molecular formula is C28H50N2O10. The van der Waals surface area contributed by atoms with Gasteiger partial charge >= 0.3 is 0 Å². The first-order valence-electron chi connectivity index (χ1n) is 14.5. The van der Waals surface area contributed by atoms with E-state index in [0.717, 1.165) is 0 Å². The van der Waals surface area contributed by atoms with E-state index in [9.17, 15) is 35.4 Å². The number of rotatable bonds is 11. The van der Waals surface area contributed by atoms with Gasteiger partial charge in [0.2, 0.25) is 5.91 Å². The summed E-state index contributed by atoms with van der Waals surface area (Å²) in [4.78, 5) is 13.4. The Morgan fingerprint density at radius 3 is 2.33 bits per heavy atom. The minimum Gasteiger partial charge on any atom is -0.393 e. The lowest BCUT2D eigenvalue weighted by atomic mass is 9.81. The van der Waals surface area contributed by atoms with Crippen molar-refractivity contribution in [1.82, 2.24) is 5.32 Å². The number of allylic oxidation sites excluding steroid dienone is 1. The molecule has 5 unspecified atom stereocenters. The summed E-state index contributed by atoms with van der Waals surface area (Å²) in [6, 6.07) is -1.44. The van der Waals surface area contributed by atoms with Gasteiger partial charge in [0.25, 0.3) is 0 Å². The molecule has 40 heavy (non-hydrogen) atoms. The van der Waals surface area contributed by atoms with E-state index >= 15 is 0 Å². The van der Waals surface area contributed by atoms with E-state index < -0.39 is 84.8 Å². The first-order chi connectivity index (χ1) is 18.6. The molecule has 1 amide bonds. The van der Waals surface area contributed by atoms with Crippen LogP contribution in [0.25, 0.3) is 0 Å². The molecule has 232 valence electrons. The van der Waals surface area contributed by atoms with Crippen LogP contribution >= 0.6 is 0 Å². The summed E-state index contributed by atoms with van der Waals surface area (Å²) in [6.07, 6.45) is -4.80. The summed E-state index contributed by atoms with van der Waals surface area (Å²) >= 11 is 0. The molecule has 0 bridgehead atoms. The standard InChI is InChI=1S/C28H50N2O10/c1-13(2)6-7-16(39-27-25(35)23(29)24(34)15(5)38-27)10-21-22(26(36)30-17-8-9-18(17)31)20(33)12-28(37,40-21)11-19(32)14(3)4/h6-7,13-25,27,31-35,37H,8-12,29H2,1-5H3,(H,30,36)/b7-6+/t15?,16-,17-,18+,19+,20-,21-,22+,23?,24?,25?,27?,28+/m0/s1. The molecule has 0 radical (unpaired) electrons. The molecule has 1 aliphatic carbocycles. The molecule has 1 saturated carbocycles. The highest BCUT2D eigenvalue weighted by Crippen LogP contribution is 2.38. The molecule has 13 atom stereocenters. The number of hydrogen-bond donors (Lipinski definition) is 8. The summed E-state index contributed by atoms with van der Waals surface area (Å²) in [5.41, 5.74) is 5.98. The van der Waals surface area contributed by atoms with Gasteiger partial charge in [0.05, 0.1) is 60.7 Å². The van der Waals surface area contributed by atoms with Crippen molar-refractivity contribution in [3.8, 4) is 0 Å². The number of amides is 1. The third-order valence-electron chi connectivity index (χ3n) is 8.26. The summed E-state index contributed by atoms with van der Waals surface area (Å²) in [7, 11) is 0. The van der Waals surface area contributed by atoms with E-state index in [1.807, 2.05) is 19.9 Å². The highest BCUT2D eigenvalue weighted by Gasteiger charge is 2.51. The van der Waals surface area contributed by atoms with Crippen molar-refractivity contribution in [1.29, 1.82) is 0 Å². The molecule has 3 aliphatic rings. The van der Waals surface area contributed by atoms with Crippen LogP contribution in [-0.4, -0.2) is 110 Å². The van der Waals surface area contributed by atoms with Crippen molar-refractivity contribution in [2.24, 2.45) is 23.5 Å². The molecule has 2 heterocycles. The third kappa shape index (κ3) is 8.21. The first kappa shape index (κ1) is 33.3. The smallest absolute Gasteiger partial charge is 0.228 e. The van der Waals surface area contributed by atoms with Crippen LogP contribution < -0.4 is 11.1 Å². The number of nitrogens with one attached hydrogen (secondary N) is 1. The second-order valence-electron chi connectivity index (χ2n) is 12.5. The Labute approximate surface area is 236 Å². The monoisotopic (exact) mass is 574 g/mol. The van der Waals surface area contributed by atoms with Gasteiger partial charge in [-0.3, -0.25) is 4.79 Å². The van der Waals surface area contributed by atoms with Gasteiger partial charge in [-0.1, -0.05) is 39.8 Å². The van der Waals surface area contributed by atoms with Gasteiger partial charge in [0, 0.05) is 19.3 Å². The molecule has 0 aromatic heterocycles. The number of ether oxygens (including phenoxy) is 3. The van der Waals surface area contributed by atoms with Crippen molar-refractivity contribution in [3.05, 3.63) is 12.2 Å². The van der Waals surface area contributed by atoms with E-state index in [0.29, 0.717) is 12.8 Å². The predicted octanol–water partition coefficient (Wildman–Crippen LogP) is -0.731. The second kappa shape index (κ2) is 13.9. The molecule has 3 fully saturated rings. The fourth-order valence-corrected chi connectivity index (χ4v) is 5.38. The molecule has 0 aromatic carbocycles.